The predicted octanol–water partition coefficient (Wildman–Crippen LogP) is 3.57. The number of hydrogen-bond acceptors (Lipinski definition) is 4. The first kappa shape index (κ1) is 19.6. The van der Waals surface area contributed by atoms with E-state index in [0.717, 1.165) is 12.0 Å². The van der Waals surface area contributed by atoms with Crippen LogP contribution in [0.1, 0.15) is 45.7 Å². The summed E-state index contributed by atoms with van der Waals surface area (Å²) in [6, 6.07) is 9.98. The third kappa shape index (κ3) is 8.65. The second-order valence-corrected chi connectivity index (χ2v) is 7.18. The van der Waals surface area contributed by atoms with Crippen LogP contribution in [0.5, 0.6) is 0 Å². The molecule has 1 aromatic carbocycles. The van der Waals surface area contributed by atoms with Crippen molar-refractivity contribution in [3.05, 3.63) is 35.9 Å². The number of benzene rings is 1. The van der Waals surface area contributed by atoms with E-state index in [1.54, 1.807) is 0 Å². The van der Waals surface area contributed by atoms with Crippen LogP contribution in [0.25, 0.3) is 0 Å². The van der Waals surface area contributed by atoms with Crippen molar-refractivity contribution >= 4 is 23.6 Å². The van der Waals surface area contributed by atoms with Crippen molar-refractivity contribution in [1.82, 2.24) is 5.32 Å². The van der Waals surface area contributed by atoms with Crippen LogP contribution in [-0.4, -0.2) is 29.5 Å². The standard InChI is InChI=1S/C18H27NO3S/c1-13(2)10-16(15-8-6-5-7-9-15)19-17(20)11-23-12-18(21)22-14(3)4/h5-9,13-14,16H,10-12H2,1-4H3,(H,19,20). The van der Waals surface area contributed by atoms with Crippen LogP contribution in [0.4, 0.5) is 0 Å². The van der Waals surface area contributed by atoms with Gasteiger partial charge in [-0.25, -0.2) is 0 Å². The monoisotopic (exact) mass is 337 g/mol. The fourth-order valence-corrected chi connectivity index (χ4v) is 2.80. The first-order chi connectivity index (χ1) is 10.9. The van der Waals surface area contributed by atoms with Crippen LogP contribution in [-0.2, 0) is 14.3 Å². The number of amides is 1. The maximum Gasteiger partial charge on any atom is 0.316 e. The fraction of sp³-hybridized carbons (Fsp3) is 0.556. The Morgan fingerprint density at radius 2 is 1.74 bits per heavy atom. The molecule has 23 heavy (non-hydrogen) atoms. The molecule has 0 aliphatic heterocycles. The van der Waals surface area contributed by atoms with Gasteiger partial charge in [-0.1, -0.05) is 44.2 Å². The smallest absolute Gasteiger partial charge is 0.316 e. The highest BCUT2D eigenvalue weighted by atomic mass is 32.2. The summed E-state index contributed by atoms with van der Waals surface area (Å²) in [5.74, 6) is 0.607. The topological polar surface area (TPSA) is 55.4 Å². The minimum absolute atomic E-state index is 0.00640. The van der Waals surface area contributed by atoms with Crippen LogP contribution in [0.3, 0.4) is 0 Å². The first-order valence-electron chi connectivity index (χ1n) is 8.00. The van der Waals surface area contributed by atoms with Crippen molar-refractivity contribution in [2.75, 3.05) is 11.5 Å². The Balaban J connectivity index is 2.46. The van der Waals surface area contributed by atoms with E-state index in [-0.39, 0.29) is 35.5 Å². The third-order valence-electron chi connectivity index (χ3n) is 3.06. The Bertz CT molecular complexity index is 488. The molecule has 5 heteroatoms. The van der Waals surface area contributed by atoms with E-state index in [1.807, 2.05) is 44.2 Å². The van der Waals surface area contributed by atoms with Crippen molar-refractivity contribution < 1.29 is 14.3 Å². The van der Waals surface area contributed by atoms with E-state index in [4.69, 9.17) is 4.74 Å². The number of nitrogens with one attached hydrogen (secondary N) is 1. The zero-order valence-corrected chi connectivity index (χ0v) is 15.2. The largest absolute Gasteiger partial charge is 0.462 e. The summed E-state index contributed by atoms with van der Waals surface area (Å²) >= 11 is 1.28. The molecular formula is C18H27NO3S. The molecule has 128 valence electrons. The summed E-state index contributed by atoms with van der Waals surface area (Å²) in [4.78, 5) is 23.6. The Hall–Kier alpha value is -1.49. The zero-order chi connectivity index (χ0) is 17.2. The molecule has 0 aliphatic carbocycles. The molecule has 1 N–H and O–H groups in total. The number of carbonyl (C=O) groups is 2. The van der Waals surface area contributed by atoms with Gasteiger partial charge in [0.2, 0.25) is 5.91 Å². The highest BCUT2D eigenvalue weighted by Gasteiger charge is 2.16. The quantitative estimate of drug-likeness (QED) is 0.700. The molecule has 1 aromatic rings. The van der Waals surface area contributed by atoms with E-state index in [2.05, 4.69) is 19.2 Å². The van der Waals surface area contributed by atoms with Gasteiger partial charge >= 0.3 is 5.97 Å². The summed E-state index contributed by atoms with van der Waals surface area (Å²) in [6.07, 6.45) is 0.765. The van der Waals surface area contributed by atoms with Gasteiger partial charge in [-0.3, -0.25) is 9.59 Å². The van der Waals surface area contributed by atoms with E-state index < -0.39 is 0 Å². The number of carbonyl (C=O) groups excluding carboxylic acids is 2. The molecule has 0 spiro atoms. The van der Waals surface area contributed by atoms with E-state index in [0.29, 0.717) is 5.92 Å². The predicted molar refractivity (Wildman–Crippen MR) is 95.3 cm³/mol. The maximum atomic E-state index is 12.1. The normalized spacial score (nSPS) is 12.3. The van der Waals surface area contributed by atoms with Crippen molar-refractivity contribution in [3.63, 3.8) is 0 Å². The molecule has 0 heterocycles. The second-order valence-electron chi connectivity index (χ2n) is 6.19. The van der Waals surface area contributed by atoms with Gasteiger partial charge in [-0.05, 0) is 31.7 Å². The number of hydrogen-bond donors (Lipinski definition) is 1. The molecule has 0 saturated carbocycles. The van der Waals surface area contributed by atoms with Gasteiger partial charge in [0.05, 0.1) is 23.7 Å². The van der Waals surface area contributed by atoms with Crippen LogP contribution in [0.2, 0.25) is 0 Å². The highest BCUT2D eigenvalue weighted by Crippen LogP contribution is 2.21. The van der Waals surface area contributed by atoms with E-state index in [9.17, 15) is 9.59 Å². The van der Waals surface area contributed by atoms with Gasteiger partial charge < -0.3 is 10.1 Å². The Morgan fingerprint density at radius 3 is 2.30 bits per heavy atom. The lowest BCUT2D eigenvalue weighted by atomic mass is 9.97. The van der Waals surface area contributed by atoms with E-state index in [1.165, 1.54) is 11.8 Å². The van der Waals surface area contributed by atoms with Crippen molar-refractivity contribution in [1.29, 1.82) is 0 Å². The third-order valence-corrected chi connectivity index (χ3v) is 3.97. The van der Waals surface area contributed by atoms with Gasteiger partial charge in [0, 0.05) is 0 Å². The fourth-order valence-electron chi connectivity index (χ4n) is 2.20. The average molecular weight is 337 g/mol. The van der Waals surface area contributed by atoms with Crippen LogP contribution in [0, 0.1) is 5.92 Å². The van der Waals surface area contributed by atoms with Crippen LogP contribution in [0.15, 0.2) is 30.3 Å². The molecule has 0 saturated heterocycles. The Kier molecular flexibility index (Phi) is 8.77. The van der Waals surface area contributed by atoms with Gasteiger partial charge in [-0.15, -0.1) is 11.8 Å². The van der Waals surface area contributed by atoms with Crippen LogP contribution < -0.4 is 5.32 Å². The minimum Gasteiger partial charge on any atom is -0.462 e. The lowest BCUT2D eigenvalue weighted by molar-refractivity contribution is -0.144. The number of ether oxygens (including phenoxy) is 1. The molecule has 0 fully saturated rings. The number of esters is 1. The minimum atomic E-state index is -0.278. The molecular weight excluding hydrogens is 310 g/mol. The van der Waals surface area contributed by atoms with Crippen LogP contribution >= 0.6 is 11.8 Å². The lowest BCUT2D eigenvalue weighted by Crippen LogP contribution is -2.31. The van der Waals surface area contributed by atoms with Crippen molar-refractivity contribution in [2.24, 2.45) is 5.92 Å². The van der Waals surface area contributed by atoms with Gasteiger partial charge in [0.1, 0.15) is 0 Å². The number of thioether (sulfide) groups is 1. The van der Waals surface area contributed by atoms with Gasteiger partial charge in [0.25, 0.3) is 0 Å². The van der Waals surface area contributed by atoms with Crippen molar-refractivity contribution in [2.45, 2.75) is 46.3 Å². The second kappa shape index (κ2) is 10.3. The molecule has 1 amide bonds. The molecule has 0 aromatic heterocycles. The molecule has 4 nitrogen and oxygen atoms in total. The van der Waals surface area contributed by atoms with Gasteiger partial charge in [0.15, 0.2) is 0 Å². The Labute approximate surface area is 143 Å². The molecule has 1 unspecified atom stereocenters. The number of rotatable bonds is 9. The molecule has 1 atom stereocenters. The van der Waals surface area contributed by atoms with Gasteiger partial charge in [-0.2, -0.15) is 0 Å². The molecule has 0 aliphatic rings. The Morgan fingerprint density at radius 1 is 1.09 bits per heavy atom. The zero-order valence-electron chi connectivity index (χ0n) is 14.4. The first-order valence-corrected chi connectivity index (χ1v) is 9.15. The molecule has 0 radical (unpaired) electrons. The molecule has 1 rings (SSSR count). The maximum absolute atomic E-state index is 12.1. The van der Waals surface area contributed by atoms with E-state index >= 15 is 0 Å². The summed E-state index contributed by atoms with van der Waals surface area (Å²) in [5.41, 5.74) is 1.11. The summed E-state index contributed by atoms with van der Waals surface area (Å²) in [7, 11) is 0. The summed E-state index contributed by atoms with van der Waals surface area (Å²) in [5, 5.41) is 3.07. The average Bonchev–Trinajstić information content (AvgIpc) is 2.46. The summed E-state index contributed by atoms with van der Waals surface area (Å²) in [6.45, 7) is 7.90. The summed E-state index contributed by atoms with van der Waals surface area (Å²) < 4.78 is 5.04. The molecule has 0 bridgehead atoms. The van der Waals surface area contributed by atoms with Crippen molar-refractivity contribution in [3.8, 4) is 0 Å². The highest BCUT2D eigenvalue weighted by molar-refractivity contribution is 8.00. The lowest BCUT2D eigenvalue weighted by Gasteiger charge is -2.21. The SMILES string of the molecule is CC(C)CC(NC(=O)CSCC(=O)OC(C)C)c1ccccc1.